The van der Waals surface area contributed by atoms with Gasteiger partial charge in [0.05, 0.1) is 16.6 Å². The van der Waals surface area contributed by atoms with E-state index in [4.69, 9.17) is 23.2 Å². The summed E-state index contributed by atoms with van der Waals surface area (Å²) in [6.07, 6.45) is 3.54. The molecular formula is C21H21Cl2N5O. The van der Waals surface area contributed by atoms with Gasteiger partial charge in [-0.3, -0.25) is 10.1 Å². The maximum atomic E-state index is 12.2. The molecule has 1 amide bonds. The maximum absolute atomic E-state index is 12.2. The number of imidazole rings is 1. The zero-order valence-electron chi connectivity index (χ0n) is 16.1. The Morgan fingerprint density at radius 3 is 2.55 bits per heavy atom. The van der Waals surface area contributed by atoms with Crippen LogP contribution in [0.2, 0.25) is 10.0 Å². The molecule has 1 heterocycles. The lowest BCUT2D eigenvalue weighted by Gasteiger charge is -2.14. The first kappa shape index (κ1) is 20.9. The molecule has 3 rings (SSSR count). The third-order valence-electron chi connectivity index (χ3n) is 4.04. The number of hydrogen-bond acceptors (Lipinski definition) is 2. The lowest BCUT2D eigenvalue weighted by Crippen LogP contribution is -2.26. The van der Waals surface area contributed by atoms with Crippen molar-refractivity contribution in [3.63, 3.8) is 0 Å². The Morgan fingerprint density at radius 1 is 1.10 bits per heavy atom. The minimum atomic E-state index is -0.263. The zero-order valence-corrected chi connectivity index (χ0v) is 17.6. The van der Waals surface area contributed by atoms with Crippen molar-refractivity contribution in [2.45, 2.75) is 20.4 Å². The molecule has 0 aliphatic rings. The van der Waals surface area contributed by atoms with Crippen LogP contribution in [-0.2, 0) is 11.3 Å². The Labute approximate surface area is 179 Å². The normalized spacial score (nSPS) is 11.6. The Morgan fingerprint density at radius 2 is 1.86 bits per heavy atom. The summed E-state index contributed by atoms with van der Waals surface area (Å²) >= 11 is 12.1. The van der Waals surface area contributed by atoms with Crippen molar-refractivity contribution in [2.24, 2.45) is 10.9 Å². The minimum absolute atomic E-state index is 0.244. The fourth-order valence-corrected chi connectivity index (χ4v) is 2.78. The van der Waals surface area contributed by atoms with Crippen molar-refractivity contribution >= 4 is 46.7 Å². The summed E-state index contributed by atoms with van der Waals surface area (Å²) in [7, 11) is 0. The molecule has 2 N–H and O–H groups in total. The first-order valence-electron chi connectivity index (χ1n) is 9.09. The molecule has 0 fully saturated rings. The average Bonchev–Trinajstić information content (AvgIpc) is 3.12. The fourth-order valence-electron chi connectivity index (χ4n) is 2.48. The third kappa shape index (κ3) is 5.82. The predicted molar refractivity (Wildman–Crippen MR) is 119 cm³/mol. The first-order chi connectivity index (χ1) is 13.9. The Balaban J connectivity index is 1.85. The topological polar surface area (TPSA) is 71.3 Å². The molecule has 2 aromatic carbocycles. The summed E-state index contributed by atoms with van der Waals surface area (Å²) < 4.78 is 1.93. The molecule has 0 spiro atoms. The van der Waals surface area contributed by atoms with Crippen LogP contribution in [0.5, 0.6) is 0 Å². The molecule has 1 aromatic heterocycles. The number of anilines is 2. The van der Waals surface area contributed by atoms with Gasteiger partial charge >= 0.3 is 0 Å². The number of aliphatic imine (C=N–C) groups is 1. The summed E-state index contributed by atoms with van der Waals surface area (Å²) in [6.45, 7) is 4.21. The number of nitrogens with zero attached hydrogens (tertiary/aromatic N) is 3. The molecule has 3 aromatic rings. The molecule has 0 aliphatic heterocycles. The van der Waals surface area contributed by atoms with Gasteiger partial charge in [0.25, 0.3) is 5.91 Å². The number of carbonyl (C=O) groups excluding carboxylic acids is 1. The first-order valence-corrected chi connectivity index (χ1v) is 9.84. The number of carbonyl (C=O) groups is 1. The number of guanidine groups is 1. The minimum Gasteiger partial charge on any atom is -0.326 e. The Bertz CT molecular complexity index is 1010. The standard InChI is InChI=1S/C21H21Cl2N5O/c1-14(2)19(29)26-20(25-16-8-9-17(22)18(23)12-16)27-21-24-10-11-28(21)13-15-6-4-3-5-7-15/h3-12,14H,13H2,1-2H3,(H2,24,25,26,27,29). The van der Waals surface area contributed by atoms with E-state index in [-0.39, 0.29) is 17.8 Å². The highest BCUT2D eigenvalue weighted by Gasteiger charge is 2.12. The summed E-state index contributed by atoms with van der Waals surface area (Å²) in [6, 6.07) is 15.1. The van der Waals surface area contributed by atoms with Gasteiger partial charge < -0.3 is 9.88 Å². The SMILES string of the molecule is CC(C)C(=O)/N=C(\Nc1ccc(Cl)c(Cl)c1)Nc1nccn1Cc1ccccc1. The van der Waals surface area contributed by atoms with E-state index in [1.54, 1.807) is 38.2 Å². The lowest BCUT2D eigenvalue weighted by atomic mass is 10.2. The highest BCUT2D eigenvalue weighted by Crippen LogP contribution is 2.25. The van der Waals surface area contributed by atoms with Crippen molar-refractivity contribution in [2.75, 3.05) is 10.6 Å². The molecule has 0 bridgehead atoms. The van der Waals surface area contributed by atoms with Crippen LogP contribution in [0.4, 0.5) is 11.6 Å². The van der Waals surface area contributed by atoms with Gasteiger partial charge in [0.2, 0.25) is 11.9 Å². The second-order valence-corrected chi connectivity index (χ2v) is 7.51. The van der Waals surface area contributed by atoms with E-state index in [9.17, 15) is 4.79 Å². The number of rotatable bonds is 5. The average molecular weight is 430 g/mol. The van der Waals surface area contributed by atoms with E-state index in [0.717, 1.165) is 5.56 Å². The van der Waals surface area contributed by atoms with Gasteiger partial charge in [0.15, 0.2) is 0 Å². The monoisotopic (exact) mass is 429 g/mol. The van der Waals surface area contributed by atoms with Gasteiger partial charge in [-0.2, -0.15) is 4.99 Å². The van der Waals surface area contributed by atoms with E-state index in [1.165, 1.54) is 0 Å². The van der Waals surface area contributed by atoms with Gasteiger partial charge in [0, 0.05) is 24.0 Å². The Kier molecular flexibility index (Phi) is 6.90. The van der Waals surface area contributed by atoms with Gasteiger partial charge in [0.1, 0.15) is 0 Å². The molecule has 0 aliphatic carbocycles. The fraction of sp³-hybridized carbons (Fsp3) is 0.190. The van der Waals surface area contributed by atoms with E-state index in [2.05, 4.69) is 20.6 Å². The molecule has 0 atom stereocenters. The Hall–Kier alpha value is -2.83. The van der Waals surface area contributed by atoms with Crippen LogP contribution in [0, 0.1) is 5.92 Å². The lowest BCUT2D eigenvalue weighted by molar-refractivity contribution is -0.120. The molecule has 0 radical (unpaired) electrons. The largest absolute Gasteiger partial charge is 0.326 e. The molecular weight excluding hydrogens is 409 g/mol. The van der Waals surface area contributed by atoms with Crippen LogP contribution in [0.1, 0.15) is 19.4 Å². The van der Waals surface area contributed by atoms with Crippen LogP contribution in [-0.4, -0.2) is 21.4 Å². The summed E-state index contributed by atoms with van der Waals surface area (Å²) in [5.41, 5.74) is 1.77. The van der Waals surface area contributed by atoms with Crippen molar-refractivity contribution < 1.29 is 4.79 Å². The highest BCUT2D eigenvalue weighted by atomic mass is 35.5. The number of halogens is 2. The second-order valence-electron chi connectivity index (χ2n) is 6.70. The molecule has 0 unspecified atom stereocenters. The van der Waals surface area contributed by atoms with Crippen LogP contribution in [0.15, 0.2) is 65.9 Å². The van der Waals surface area contributed by atoms with Crippen molar-refractivity contribution in [1.29, 1.82) is 0 Å². The summed E-state index contributed by atoms with van der Waals surface area (Å²) in [5.74, 6) is 0.298. The zero-order chi connectivity index (χ0) is 20.8. The molecule has 0 saturated heterocycles. The van der Waals surface area contributed by atoms with Gasteiger partial charge in [-0.25, -0.2) is 4.98 Å². The summed E-state index contributed by atoms with van der Waals surface area (Å²) in [4.78, 5) is 20.7. The number of amides is 1. The smallest absolute Gasteiger partial charge is 0.251 e. The van der Waals surface area contributed by atoms with Crippen molar-refractivity contribution in [3.8, 4) is 0 Å². The number of aromatic nitrogens is 2. The second kappa shape index (κ2) is 9.58. The van der Waals surface area contributed by atoms with Crippen LogP contribution in [0.3, 0.4) is 0 Å². The molecule has 6 nitrogen and oxygen atoms in total. The van der Waals surface area contributed by atoms with Gasteiger partial charge in [-0.1, -0.05) is 67.4 Å². The maximum Gasteiger partial charge on any atom is 0.251 e. The molecule has 0 saturated carbocycles. The number of hydrogen-bond donors (Lipinski definition) is 2. The van der Waals surface area contributed by atoms with E-state index in [1.807, 2.05) is 41.1 Å². The molecule has 8 heteroatoms. The highest BCUT2D eigenvalue weighted by molar-refractivity contribution is 6.42. The molecule has 29 heavy (non-hydrogen) atoms. The van der Waals surface area contributed by atoms with Crippen molar-refractivity contribution in [1.82, 2.24) is 9.55 Å². The van der Waals surface area contributed by atoms with Gasteiger partial charge in [-0.15, -0.1) is 0 Å². The van der Waals surface area contributed by atoms with Crippen molar-refractivity contribution in [3.05, 3.63) is 76.5 Å². The van der Waals surface area contributed by atoms with Crippen LogP contribution in [0.25, 0.3) is 0 Å². The summed E-state index contributed by atoms with van der Waals surface area (Å²) in [5, 5.41) is 7.04. The van der Waals surface area contributed by atoms with Crippen LogP contribution < -0.4 is 10.6 Å². The third-order valence-corrected chi connectivity index (χ3v) is 4.78. The van der Waals surface area contributed by atoms with Crippen LogP contribution >= 0.6 is 23.2 Å². The van der Waals surface area contributed by atoms with E-state index < -0.39 is 0 Å². The quantitative estimate of drug-likeness (QED) is 0.426. The van der Waals surface area contributed by atoms with E-state index >= 15 is 0 Å². The number of benzene rings is 2. The predicted octanol–water partition coefficient (Wildman–Crippen LogP) is 5.30. The van der Waals surface area contributed by atoms with Gasteiger partial charge in [-0.05, 0) is 23.8 Å². The molecule has 150 valence electrons. The van der Waals surface area contributed by atoms with E-state index in [0.29, 0.717) is 28.2 Å². The number of nitrogens with one attached hydrogen (secondary N) is 2.